The predicted molar refractivity (Wildman–Crippen MR) is 103 cm³/mol. The number of thiophene rings is 1. The van der Waals surface area contributed by atoms with Crippen LogP contribution in [-0.4, -0.2) is 43.3 Å². The number of pyridine rings is 2. The van der Waals surface area contributed by atoms with Crippen LogP contribution in [0.25, 0.3) is 32.6 Å². The summed E-state index contributed by atoms with van der Waals surface area (Å²) in [5, 5.41) is 20.3. The van der Waals surface area contributed by atoms with E-state index in [1.54, 1.807) is 24.6 Å². The summed E-state index contributed by atoms with van der Waals surface area (Å²) in [4.78, 5) is 12.6. The van der Waals surface area contributed by atoms with Crippen LogP contribution in [-0.2, 0) is 11.8 Å². The van der Waals surface area contributed by atoms with Gasteiger partial charge in [0.05, 0.1) is 11.8 Å². The zero-order valence-corrected chi connectivity index (χ0v) is 15.7. The molecule has 0 radical (unpaired) electrons. The van der Waals surface area contributed by atoms with Crippen molar-refractivity contribution in [2.24, 2.45) is 13.0 Å². The van der Waals surface area contributed by atoms with Crippen LogP contribution in [0.4, 0.5) is 0 Å². The lowest BCUT2D eigenvalue weighted by Gasteiger charge is -2.25. The molecule has 0 aliphatic carbocycles. The van der Waals surface area contributed by atoms with Crippen molar-refractivity contribution >= 4 is 32.7 Å². The first-order valence-corrected chi connectivity index (χ1v) is 9.83. The van der Waals surface area contributed by atoms with E-state index in [0.717, 1.165) is 57.9 Å². The Morgan fingerprint density at radius 1 is 1.22 bits per heavy atom. The van der Waals surface area contributed by atoms with Crippen LogP contribution < -0.4 is 0 Å². The molecule has 0 unspecified atom stereocenters. The topological polar surface area (TPSA) is 86.0 Å². The summed E-state index contributed by atoms with van der Waals surface area (Å²) in [5.74, 6) is 0.259. The molecule has 1 atom stereocenters. The molecule has 138 valence electrons. The highest BCUT2D eigenvalue weighted by atomic mass is 32.1. The Bertz CT molecular complexity index is 1120. The SMILES string of the molecule is Cn1nc2cc(-c3ccc4cc([C@H](O)C5CCOCC5)sc4n3)cnc2n1. The van der Waals surface area contributed by atoms with E-state index >= 15 is 0 Å². The zero-order valence-electron chi connectivity index (χ0n) is 14.9. The fourth-order valence-corrected chi connectivity index (χ4v) is 4.67. The molecule has 5 heterocycles. The maximum Gasteiger partial charge on any atom is 0.201 e. The van der Waals surface area contributed by atoms with Gasteiger partial charge in [0.15, 0.2) is 0 Å². The summed E-state index contributed by atoms with van der Waals surface area (Å²) >= 11 is 1.56. The Kier molecular flexibility index (Phi) is 4.11. The van der Waals surface area contributed by atoms with E-state index in [4.69, 9.17) is 9.72 Å². The molecule has 0 bridgehead atoms. The number of ether oxygens (including phenoxy) is 1. The van der Waals surface area contributed by atoms with Crippen LogP contribution in [0.3, 0.4) is 0 Å². The monoisotopic (exact) mass is 381 g/mol. The fraction of sp³-hybridized carbons (Fsp3) is 0.368. The molecule has 1 aliphatic heterocycles. The molecule has 1 fully saturated rings. The van der Waals surface area contributed by atoms with E-state index in [9.17, 15) is 5.11 Å². The van der Waals surface area contributed by atoms with Crippen molar-refractivity contribution in [1.29, 1.82) is 0 Å². The van der Waals surface area contributed by atoms with Gasteiger partial charge in [-0.1, -0.05) is 0 Å². The highest BCUT2D eigenvalue weighted by molar-refractivity contribution is 7.18. The third-order valence-corrected chi connectivity index (χ3v) is 6.16. The van der Waals surface area contributed by atoms with E-state index in [2.05, 4.69) is 27.3 Å². The predicted octanol–water partition coefficient (Wildman–Crippen LogP) is 3.10. The van der Waals surface area contributed by atoms with Gasteiger partial charge in [0, 0.05) is 42.3 Å². The lowest BCUT2D eigenvalue weighted by molar-refractivity contribution is 0.00856. The molecule has 4 aromatic rings. The molecule has 7 nitrogen and oxygen atoms in total. The molecule has 1 N–H and O–H groups in total. The summed E-state index contributed by atoms with van der Waals surface area (Å²) in [5.41, 5.74) is 3.13. The van der Waals surface area contributed by atoms with Crippen molar-refractivity contribution in [2.45, 2.75) is 18.9 Å². The highest BCUT2D eigenvalue weighted by Crippen LogP contribution is 2.37. The molecule has 4 aromatic heterocycles. The minimum atomic E-state index is -0.450. The molecule has 1 saturated heterocycles. The molecule has 0 aromatic carbocycles. The van der Waals surface area contributed by atoms with Crippen LogP contribution in [0.15, 0.2) is 30.5 Å². The number of aliphatic hydroxyl groups excluding tert-OH is 1. The molecule has 1 aliphatic rings. The van der Waals surface area contributed by atoms with Crippen molar-refractivity contribution < 1.29 is 9.84 Å². The average molecular weight is 381 g/mol. The van der Waals surface area contributed by atoms with E-state index in [-0.39, 0.29) is 5.92 Å². The van der Waals surface area contributed by atoms with Gasteiger partial charge in [-0.15, -0.1) is 16.4 Å². The lowest BCUT2D eigenvalue weighted by Crippen LogP contribution is -2.21. The molecular formula is C19H19N5O2S. The van der Waals surface area contributed by atoms with Crippen LogP contribution in [0.1, 0.15) is 23.8 Å². The number of nitrogens with zero attached hydrogens (tertiary/aromatic N) is 5. The maximum absolute atomic E-state index is 10.8. The fourth-order valence-electron chi connectivity index (χ4n) is 3.56. The van der Waals surface area contributed by atoms with Crippen LogP contribution in [0.2, 0.25) is 0 Å². The molecule has 0 amide bonds. The number of aliphatic hydroxyl groups is 1. The smallest absolute Gasteiger partial charge is 0.201 e. The van der Waals surface area contributed by atoms with Crippen molar-refractivity contribution in [3.05, 3.63) is 35.3 Å². The Hall–Kier alpha value is -2.42. The first-order chi connectivity index (χ1) is 13.2. The van der Waals surface area contributed by atoms with Gasteiger partial charge in [-0.25, -0.2) is 9.97 Å². The highest BCUT2D eigenvalue weighted by Gasteiger charge is 2.25. The van der Waals surface area contributed by atoms with Crippen molar-refractivity contribution in [3.63, 3.8) is 0 Å². The van der Waals surface area contributed by atoms with Gasteiger partial charge in [-0.3, -0.25) is 0 Å². The van der Waals surface area contributed by atoms with E-state index < -0.39 is 6.10 Å². The minimum absolute atomic E-state index is 0.259. The standard InChI is InChI=1S/C19H19N5O2S/c1-24-22-15-8-13(10-20-18(15)23-24)14-3-2-12-9-16(27-19(12)21-14)17(25)11-4-6-26-7-5-11/h2-3,8-11,17,25H,4-7H2,1H3/t17-/m1/s1. The van der Waals surface area contributed by atoms with Crippen molar-refractivity contribution in [3.8, 4) is 11.3 Å². The first kappa shape index (κ1) is 16.7. The molecule has 8 heteroatoms. The van der Waals surface area contributed by atoms with Crippen molar-refractivity contribution in [2.75, 3.05) is 13.2 Å². The van der Waals surface area contributed by atoms with Gasteiger partial charge < -0.3 is 9.84 Å². The molecule has 0 saturated carbocycles. The summed E-state index contributed by atoms with van der Waals surface area (Å²) in [6, 6.07) is 8.05. The van der Waals surface area contributed by atoms with Gasteiger partial charge in [-0.05, 0) is 43.0 Å². The molecule has 0 spiro atoms. The van der Waals surface area contributed by atoms with Gasteiger partial charge in [-0.2, -0.15) is 9.90 Å². The molecular weight excluding hydrogens is 362 g/mol. The second-order valence-corrected chi connectivity index (χ2v) is 7.95. The van der Waals surface area contributed by atoms with Crippen LogP contribution in [0, 0.1) is 5.92 Å². The Labute approximate surface area is 159 Å². The number of aryl methyl sites for hydroxylation is 1. The number of fused-ring (bicyclic) bond motifs is 2. The number of hydrogen-bond donors (Lipinski definition) is 1. The zero-order chi connectivity index (χ0) is 18.4. The first-order valence-electron chi connectivity index (χ1n) is 9.01. The Balaban J connectivity index is 1.49. The number of aromatic nitrogens is 5. The lowest BCUT2D eigenvalue weighted by atomic mass is 9.93. The third-order valence-electron chi connectivity index (χ3n) is 5.04. The largest absolute Gasteiger partial charge is 0.387 e. The average Bonchev–Trinajstić information content (AvgIpc) is 3.29. The molecule has 5 rings (SSSR count). The number of rotatable bonds is 3. The van der Waals surface area contributed by atoms with Gasteiger partial charge >= 0.3 is 0 Å². The van der Waals surface area contributed by atoms with Gasteiger partial charge in [0.1, 0.15) is 10.3 Å². The minimum Gasteiger partial charge on any atom is -0.387 e. The number of hydrogen-bond acceptors (Lipinski definition) is 7. The second kappa shape index (κ2) is 6.63. The Morgan fingerprint density at radius 2 is 2.07 bits per heavy atom. The van der Waals surface area contributed by atoms with Gasteiger partial charge in [0.25, 0.3) is 0 Å². The third kappa shape index (κ3) is 3.09. The van der Waals surface area contributed by atoms with Crippen molar-refractivity contribution in [1.82, 2.24) is 25.0 Å². The molecule has 27 heavy (non-hydrogen) atoms. The summed E-state index contributed by atoms with van der Waals surface area (Å²) in [6.45, 7) is 1.46. The summed E-state index contributed by atoms with van der Waals surface area (Å²) in [6.07, 6.45) is 3.13. The second-order valence-electron chi connectivity index (χ2n) is 6.89. The Morgan fingerprint density at radius 3 is 2.93 bits per heavy atom. The van der Waals surface area contributed by atoms with E-state index in [1.165, 1.54) is 4.80 Å². The summed E-state index contributed by atoms with van der Waals surface area (Å²) < 4.78 is 5.40. The normalized spacial score (nSPS) is 17.0. The quantitative estimate of drug-likeness (QED) is 0.587. The van der Waals surface area contributed by atoms with E-state index in [0.29, 0.717) is 5.65 Å². The van der Waals surface area contributed by atoms with E-state index in [1.807, 2.05) is 12.1 Å². The van der Waals surface area contributed by atoms with Crippen LogP contribution >= 0.6 is 11.3 Å². The van der Waals surface area contributed by atoms with Gasteiger partial charge in [0.2, 0.25) is 5.65 Å². The summed E-state index contributed by atoms with van der Waals surface area (Å²) in [7, 11) is 1.78. The maximum atomic E-state index is 10.8. The van der Waals surface area contributed by atoms with Crippen LogP contribution in [0.5, 0.6) is 0 Å².